The first-order valence-electron chi connectivity index (χ1n) is 10.2. The summed E-state index contributed by atoms with van der Waals surface area (Å²) in [6.07, 6.45) is 1.30. The summed E-state index contributed by atoms with van der Waals surface area (Å²) >= 11 is 6.53. The van der Waals surface area contributed by atoms with Crippen molar-refractivity contribution in [3.8, 4) is 11.3 Å². The van der Waals surface area contributed by atoms with Crippen LogP contribution in [0, 0.1) is 5.82 Å². The van der Waals surface area contributed by atoms with Crippen LogP contribution in [0.2, 0.25) is 5.02 Å². The zero-order valence-corrected chi connectivity index (χ0v) is 18.8. The van der Waals surface area contributed by atoms with Gasteiger partial charge in [-0.1, -0.05) is 30.3 Å². The van der Waals surface area contributed by atoms with Crippen LogP contribution in [-0.2, 0) is 11.8 Å². The van der Waals surface area contributed by atoms with Gasteiger partial charge in [-0.2, -0.15) is 4.98 Å². The molecule has 32 heavy (non-hydrogen) atoms. The molecule has 1 aliphatic rings. The third-order valence-electron chi connectivity index (χ3n) is 5.85. The highest BCUT2D eigenvalue weighted by atomic mass is 35.5. The molecule has 1 fully saturated rings. The van der Waals surface area contributed by atoms with Crippen molar-refractivity contribution >= 4 is 34.4 Å². The van der Waals surface area contributed by atoms with E-state index in [2.05, 4.69) is 16.5 Å². The van der Waals surface area contributed by atoms with Gasteiger partial charge in [0.1, 0.15) is 17.3 Å². The van der Waals surface area contributed by atoms with Gasteiger partial charge in [0.15, 0.2) is 0 Å². The summed E-state index contributed by atoms with van der Waals surface area (Å²) in [6.45, 7) is 8.40. The number of pyridine rings is 1. The second kappa shape index (κ2) is 8.35. The average molecular weight is 456 g/mol. The first-order chi connectivity index (χ1) is 15.2. The van der Waals surface area contributed by atoms with Gasteiger partial charge in [-0.15, -0.1) is 0 Å². The molecule has 7 nitrogen and oxygen atoms in total. The Morgan fingerprint density at radius 3 is 2.62 bits per heavy atom. The summed E-state index contributed by atoms with van der Waals surface area (Å²) in [5.41, 5.74) is 0.384. The number of amides is 1. The number of fused-ring (bicyclic) bond motifs is 1. The van der Waals surface area contributed by atoms with E-state index in [1.807, 2.05) is 18.7 Å². The van der Waals surface area contributed by atoms with Crippen LogP contribution in [0.1, 0.15) is 13.8 Å². The van der Waals surface area contributed by atoms with Crippen LogP contribution in [0.25, 0.3) is 22.3 Å². The molecule has 166 valence electrons. The van der Waals surface area contributed by atoms with Crippen molar-refractivity contribution in [3.63, 3.8) is 0 Å². The van der Waals surface area contributed by atoms with Gasteiger partial charge in [0.25, 0.3) is 0 Å². The van der Waals surface area contributed by atoms with Crippen molar-refractivity contribution in [3.05, 3.63) is 64.3 Å². The quantitative estimate of drug-likeness (QED) is 0.566. The zero-order valence-electron chi connectivity index (χ0n) is 18.0. The topological polar surface area (TPSA) is 71.3 Å². The standard InChI is InChI=1S/C23H23ClFN5O2/c1-5-19(31)29-11-14(3)30(12-13(29)2)22-16-10-17(24)20(15-8-6-7-9-18(15)25)26-21(16)28(4)23(32)27-22/h5-10,13-14H,1,11-12H2,2-4H3/t13-,14+/m1/s1. The normalized spacial score (nSPS) is 18.8. The molecule has 1 aliphatic heterocycles. The van der Waals surface area contributed by atoms with E-state index in [0.717, 1.165) is 0 Å². The van der Waals surface area contributed by atoms with E-state index < -0.39 is 11.5 Å². The Morgan fingerprint density at radius 2 is 1.94 bits per heavy atom. The van der Waals surface area contributed by atoms with E-state index >= 15 is 0 Å². The number of hydrogen-bond donors (Lipinski definition) is 0. The minimum atomic E-state index is -0.480. The Hall–Kier alpha value is -3.26. The van der Waals surface area contributed by atoms with E-state index in [1.54, 1.807) is 36.2 Å². The summed E-state index contributed by atoms with van der Waals surface area (Å²) in [5.74, 6) is -0.140. The molecule has 0 unspecified atom stereocenters. The Kier molecular flexibility index (Phi) is 5.73. The van der Waals surface area contributed by atoms with Gasteiger partial charge in [0.05, 0.1) is 16.1 Å². The lowest BCUT2D eigenvalue weighted by Crippen LogP contribution is -2.58. The van der Waals surface area contributed by atoms with E-state index in [4.69, 9.17) is 11.6 Å². The lowest BCUT2D eigenvalue weighted by Gasteiger charge is -2.44. The Balaban J connectivity index is 1.87. The first-order valence-corrected chi connectivity index (χ1v) is 10.6. The molecule has 1 amide bonds. The fraction of sp³-hybridized carbons (Fsp3) is 0.304. The molecule has 9 heteroatoms. The lowest BCUT2D eigenvalue weighted by atomic mass is 10.1. The van der Waals surface area contributed by atoms with Gasteiger partial charge in [-0.3, -0.25) is 9.36 Å². The predicted octanol–water partition coefficient (Wildman–Crippen LogP) is 3.40. The number of carbonyl (C=O) groups is 1. The summed E-state index contributed by atoms with van der Waals surface area (Å²) in [6, 6.07) is 7.67. The molecule has 0 bridgehead atoms. The summed E-state index contributed by atoms with van der Waals surface area (Å²) < 4.78 is 15.7. The molecule has 2 aromatic heterocycles. The van der Waals surface area contributed by atoms with Crippen molar-refractivity contribution in [2.75, 3.05) is 18.0 Å². The largest absolute Gasteiger partial charge is 0.350 e. The van der Waals surface area contributed by atoms with E-state index in [0.29, 0.717) is 29.9 Å². The summed E-state index contributed by atoms with van der Waals surface area (Å²) in [4.78, 5) is 37.5. The fourth-order valence-corrected chi connectivity index (χ4v) is 4.38. The number of nitrogens with zero attached hydrogens (tertiary/aromatic N) is 5. The van der Waals surface area contributed by atoms with E-state index in [1.165, 1.54) is 16.7 Å². The second-order valence-corrected chi connectivity index (χ2v) is 8.40. The van der Waals surface area contributed by atoms with Gasteiger partial charge in [-0.25, -0.2) is 14.2 Å². The molecule has 1 aromatic carbocycles. The highest BCUT2D eigenvalue weighted by Crippen LogP contribution is 2.34. The highest BCUT2D eigenvalue weighted by Gasteiger charge is 2.33. The number of aryl methyl sites for hydroxylation is 1. The zero-order chi connectivity index (χ0) is 23.2. The Labute approximate surface area is 189 Å². The van der Waals surface area contributed by atoms with E-state index in [-0.39, 0.29) is 34.3 Å². The minimum absolute atomic E-state index is 0.108. The molecule has 0 N–H and O–H groups in total. The first kappa shape index (κ1) is 22.0. The number of carbonyl (C=O) groups excluding carboxylic acids is 1. The molecule has 2 atom stereocenters. The van der Waals surface area contributed by atoms with Gasteiger partial charge < -0.3 is 9.80 Å². The highest BCUT2D eigenvalue weighted by molar-refractivity contribution is 6.33. The fourth-order valence-electron chi connectivity index (χ4n) is 4.12. The molecular weight excluding hydrogens is 433 g/mol. The van der Waals surface area contributed by atoms with Crippen LogP contribution in [0.15, 0.2) is 47.8 Å². The molecule has 0 aliphatic carbocycles. The molecule has 0 spiro atoms. The van der Waals surface area contributed by atoms with Crippen LogP contribution in [-0.4, -0.2) is 50.5 Å². The number of aromatic nitrogens is 3. The lowest BCUT2D eigenvalue weighted by molar-refractivity contribution is -0.128. The van der Waals surface area contributed by atoms with Crippen LogP contribution in [0.5, 0.6) is 0 Å². The third-order valence-corrected chi connectivity index (χ3v) is 6.14. The Bertz CT molecular complexity index is 1290. The number of halogens is 2. The Morgan fingerprint density at radius 1 is 1.22 bits per heavy atom. The van der Waals surface area contributed by atoms with Gasteiger partial charge in [0.2, 0.25) is 5.91 Å². The van der Waals surface area contributed by atoms with Crippen LogP contribution >= 0.6 is 11.6 Å². The number of rotatable bonds is 3. The van der Waals surface area contributed by atoms with Crippen molar-refractivity contribution in [1.82, 2.24) is 19.4 Å². The molecule has 1 saturated heterocycles. The minimum Gasteiger partial charge on any atom is -0.349 e. The van der Waals surface area contributed by atoms with Gasteiger partial charge >= 0.3 is 5.69 Å². The van der Waals surface area contributed by atoms with Crippen LogP contribution in [0.4, 0.5) is 10.2 Å². The van der Waals surface area contributed by atoms with Crippen LogP contribution < -0.4 is 10.6 Å². The van der Waals surface area contributed by atoms with Gasteiger partial charge in [0, 0.05) is 37.8 Å². The number of benzene rings is 1. The smallest absolute Gasteiger partial charge is 0.349 e. The summed E-state index contributed by atoms with van der Waals surface area (Å²) in [5, 5.41) is 0.838. The van der Waals surface area contributed by atoms with Crippen LogP contribution in [0.3, 0.4) is 0 Å². The number of piperazine rings is 1. The van der Waals surface area contributed by atoms with Crippen molar-refractivity contribution in [2.24, 2.45) is 7.05 Å². The monoisotopic (exact) mass is 455 g/mol. The molecule has 0 saturated carbocycles. The maximum Gasteiger partial charge on any atom is 0.350 e. The van der Waals surface area contributed by atoms with Crippen molar-refractivity contribution < 1.29 is 9.18 Å². The number of anilines is 1. The third kappa shape index (κ3) is 3.64. The maximum atomic E-state index is 14.4. The van der Waals surface area contributed by atoms with E-state index in [9.17, 15) is 14.0 Å². The summed E-state index contributed by atoms with van der Waals surface area (Å²) in [7, 11) is 1.57. The molecule has 3 heterocycles. The molecule has 4 rings (SSSR count). The van der Waals surface area contributed by atoms with Crippen molar-refractivity contribution in [1.29, 1.82) is 0 Å². The van der Waals surface area contributed by atoms with Gasteiger partial charge in [-0.05, 0) is 38.1 Å². The molecule has 0 radical (unpaired) electrons. The molecule has 3 aromatic rings. The number of hydrogen-bond acceptors (Lipinski definition) is 5. The SMILES string of the molecule is C=CC(=O)N1C[C@H](C)N(c2nc(=O)n(C)c3nc(-c4ccccc4F)c(Cl)cc23)C[C@H]1C. The second-order valence-electron chi connectivity index (χ2n) is 7.99. The predicted molar refractivity (Wildman–Crippen MR) is 123 cm³/mol. The average Bonchev–Trinajstić information content (AvgIpc) is 2.77. The maximum absolute atomic E-state index is 14.4. The van der Waals surface area contributed by atoms with Crippen molar-refractivity contribution in [2.45, 2.75) is 25.9 Å². The molecular formula is C23H23ClFN5O2.